The molecule has 4 nitrogen and oxygen atoms in total. The summed E-state index contributed by atoms with van der Waals surface area (Å²) < 4.78 is 27.3. The van der Waals surface area contributed by atoms with Gasteiger partial charge in [0.1, 0.15) is 5.75 Å². The van der Waals surface area contributed by atoms with Gasteiger partial charge in [-0.3, -0.25) is 0 Å². The van der Waals surface area contributed by atoms with Crippen molar-refractivity contribution in [3.63, 3.8) is 0 Å². The van der Waals surface area contributed by atoms with Crippen LogP contribution in [-0.2, 0) is 16.3 Å². The molecular weight excluding hydrogens is 288 g/mol. The van der Waals surface area contributed by atoms with Gasteiger partial charge in [0.05, 0.1) is 18.0 Å². The van der Waals surface area contributed by atoms with Crippen LogP contribution < -0.4 is 4.74 Å². The molecule has 1 unspecified atom stereocenters. The third kappa shape index (κ3) is 3.61. The number of hydrogen-bond donors (Lipinski definition) is 1. The van der Waals surface area contributed by atoms with Gasteiger partial charge < -0.3 is 9.84 Å². The van der Waals surface area contributed by atoms with Crippen LogP contribution in [0.3, 0.4) is 0 Å². The maximum Gasteiger partial charge on any atom is 0.155 e. The minimum Gasteiger partial charge on any atom is -0.496 e. The fraction of sp³-hybridized carbons (Fsp3) is 0.538. The van der Waals surface area contributed by atoms with Crippen molar-refractivity contribution in [1.82, 2.24) is 0 Å². The number of ether oxygens (including phenoxy) is 1. The van der Waals surface area contributed by atoms with E-state index < -0.39 is 20.7 Å². The Balaban J connectivity index is 3.06. The summed E-state index contributed by atoms with van der Waals surface area (Å²) in [6.07, 6.45) is 0.227. The molecule has 6 heteroatoms. The van der Waals surface area contributed by atoms with Crippen molar-refractivity contribution in [2.75, 3.05) is 13.4 Å². The van der Waals surface area contributed by atoms with Crippen LogP contribution in [-0.4, -0.2) is 37.7 Å². The summed E-state index contributed by atoms with van der Waals surface area (Å²) in [6.45, 7) is 3.01. The van der Waals surface area contributed by atoms with Crippen molar-refractivity contribution in [2.45, 2.75) is 31.1 Å². The molecule has 0 bridgehead atoms. The molecule has 0 radical (unpaired) electrons. The Hall–Kier alpha value is -0.780. The molecule has 108 valence electrons. The van der Waals surface area contributed by atoms with Crippen LogP contribution >= 0.6 is 11.6 Å². The summed E-state index contributed by atoms with van der Waals surface area (Å²) in [7, 11) is -1.86. The zero-order chi connectivity index (χ0) is 14.8. The third-order valence-corrected chi connectivity index (χ3v) is 5.83. The minimum atomic E-state index is -3.38. The highest BCUT2D eigenvalue weighted by atomic mass is 35.5. The third-order valence-electron chi connectivity index (χ3n) is 3.41. The molecule has 1 atom stereocenters. The number of aliphatic hydroxyl groups is 1. The fourth-order valence-corrected chi connectivity index (χ4v) is 2.38. The molecule has 1 N–H and O–H groups in total. The summed E-state index contributed by atoms with van der Waals surface area (Å²) in [5.41, 5.74) is 0.680. The van der Waals surface area contributed by atoms with E-state index in [1.807, 2.05) is 0 Å². The largest absolute Gasteiger partial charge is 0.496 e. The summed E-state index contributed by atoms with van der Waals surface area (Å²) in [5.74, 6) is 0.577. The van der Waals surface area contributed by atoms with E-state index in [2.05, 4.69) is 0 Å². The van der Waals surface area contributed by atoms with E-state index in [9.17, 15) is 13.5 Å². The number of benzene rings is 1. The van der Waals surface area contributed by atoms with Gasteiger partial charge in [-0.1, -0.05) is 11.6 Å². The van der Waals surface area contributed by atoms with Crippen LogP contribution in [0.1, 0.15) is 19.4 Å². The Kier molecular flexibility index (Phi) is 4.87. The van der Waals surface area contributed by atoms with E-state index in [0.29, 0.717) is 16.3 Å². The van der Waals surface area contributed by atoms with Crippen LogP contribution in [0.5, 0.6) is 5.75 Å². The first kappa shape index (κ1) is 16.3. The molecule has 0 spiro atoms. The van der Waals surface area contributed by atoms with E-state index in [0.717, 1.165) is 6.26 Å². The quantitative estimate of drug-likeness (QED) is 0.904. The Morgan fingerprint density at radius 3 is 2.47 bits per heavy atom. The maximum atomic E-state index is 11.7. The van der Waals surface area contributed by atoms with Gasteiger partial charge in [-0.05, 0) is 37.6 Å². The number of methoxy groups -OCH3 is 1. The molecule has 0 heterocycles. The van der Waals surface area contributed by atoms with Gasteiger partial charge in [0.2, 0.25) is 0 Å². The number of aliphatic hydroxyl groups excluding tert-OH is 1. The van der Waals surface area contributed by atoms with Crippen LogP contribution in [0.4, 0.5) is 0 Å². The average Bonchev–Trinajstić information content (AvgIpc) is 2.27. The lowest BCUT2D eigenvalue weighted by molar-refractivity contribution is 0.137. The van der Waals surface area contributed by atoms with Crippen LogP contribution in [0, 0.1) is 0 Å². The molecule has 0 saturated heterocycles. The Morgan fingerprint density at radius 1 is 1.42 bits per heavy atom. The van der Waals surface area contributed by atoms with Gasteiger partial charge >= 0.3 is 0 Å². The topological polar surface area (TPSA) is 63.6 Å². The second kappa shape index (κ2) is 5.69. The molecule has 0 aliphatic carbocycles. The first-order valence-corrected chi connectivity index (χ1v) is 8.06. The predicted octanol–water partition coefficient (Wildman–Crippen LogP) is 2.08. The monoisotopic (exact) mass is 306 g/mol. The molecular formula is C13H19ClO4S. The zero-order valence-electron chi connectivity index (χ0n) is 11.5. The van der Waals surface area contributed by atoms with Crippen molar-refractivity contribution in [2.24, 2.45) is 0 Å². The van der Waals surface area contributed by atoms with E-state index in [1.54, 1.807) is 18.2 Å². The second-order valence-corrected chi connectivity index (χ2v) is 8.08. The number of halogens is 1. The van der Waals surface area contributed by atoms with Crippen LogP contribution in [0.2, 0.25) is 5.02 Å². The molecule has 1 rings (SSSR count). The van der Waals surface area contributed by atoms with Gasteiger partial charge in [0, 0.05) is 17.7 Å². The average molecular weight is 307 g/mol. The van der Waals surface area contributed by atoms with Crippen molar-refractivity contribution in [1.29, 1.82) is 0 Å². The molecule has 1 aromatic rings. The van der Waals surface area contributed by atoms with Gasteiger partial charge in [-0.25, -0.2) is 8.42 Å². The zero-order valence-corrected chi connectivity index (χ0v) is 13.0. The molecule has 19 heavy (non-hydrogen) atoms. The Morgan fingerprint density at radius 2 is 2.00 bits per heavy atom. The number of sulfone groups is 1. The van der Waals surface area contributed by atoms with E-state index in [-0.39, 0.29) is 6.42 Å². The van der Waals surface area contributed by atoms with Gasteiger partial charge in [-0.15, -0.1) is 0 Å². The van der Waals surface area contributed by atoms with Gasteiger partial charge in [0.15, 0.2) is 9.84 Å². The lowest BCUT2D eigenvalue weighted by Gasteiger charge is -2.29. The van der Waals surface area contributed by atoms with Crippen molar-refractivity contribution < 1.29 is 18.3 Å². The maximum absolute atomic E-state index is 11.7. The lowest BCUT2D eigenvalue weighted by Crippen LogP contribution is -2.44. The van der Waals surface area contributed by atoms with Gasteiger partial charge in [-0.2, -0.15) is 0 Å². The number of hydrogen-bond acceptors (Lipinski definition) is 4. The summed E-state index contributed by atoms with van der Waals surface area (Å²) in [5, 5.41) is 10.7. The lowest BCUT2D eigenvalue weighted by atomic mass is 9.98. The highest BCUT2D eigenvalue weighted by Crippen LogP contribution is 2.28. The molecule has 0 aliphatic rings. The minimum absolute atomic E-state index is 0.157. The van der Waals surface area contributed by atoms with Crippen LogP contribution in [0.25, 0.3) is 0 Å². The van der Waals surface area contributed by atoms with Crippen molar-refractivity contribution in [3.8, 4) is 5.75 Å². The van der Waals surface area contributed by atoms with E-state index in [1.165, 1.54) is 21.0 Å². The standard InChI is InChI=1S/C13H19ClO4S/c1-13(2,19(4,16)17)12(15)8-9-7-10(14)5-6-11(9)18-3/h5-7,12,15H,8H2,1-4H3. The van der Waals surface area contributed by atoms with Crippen LogP contribution in [0.15, 0.2) is 18.2 Å². The summed E-state index contributed by atoms with van der Waals surface area (Å²) in [6, 6.07) is 5.04. The van der Waals surface area contributed by atoms with Gasteiger partial charge in [0.25, 0.3) is 0 Å². The molecule has 0 aromatic heterocycles. The SMILES string of the molecule is COc1ccc(Cl)cc1CC(O)C(C)(C)S(C)(=O)=O. The Bertz CT molecular complexity index is 552. The molecule has 1 aromatic carbocycles. The van der Waals surface area contributed by atoms with E-state index >= 15 is 0 Å². The molecule has 0 aliphatic heterocycles. The predicted molar refractivity (Wildman–Crippen MR) is 76.6 cm³/mol. The Labute approximate surface area is 119 Å². The normalized spacial score (nSPS) is 14.2. The van der Waals surface area contributed by atoms with Crippen molar-refractivity contribution in [3.05, 3.63) is 28.8 Å². The molecule has 0 fully saturated rings. The first-order chi connectivity index (χ1) is 8.59. The highest BCUT2D eigenvalue weighted by Gasteiger charge is 2.38. The van der Waals surface area contributed by atoms with Crippen molar-refractivity contribution >= 4 is 21.4 Å². The highest BCUT2D eigenvalue weighted by molar-refractivity contribution is 7.92. The second-order valence-electron chi connectivity index (χ2n) is 5.05. The smallest absolute Gasteiger partial charge is 0.155 e. The van der Waals surface area contributed by atoms with E-state index in [4.69, 9.17) is 16.3 Å². The summed E-state index contributed by atoms with van der Waals surface area (Å²) in [4.78, 5) is 0. The molecule has 0 amide bonds. The fourth-order valence-electron chi connectivity index (χ4n) is 1.61. The molecule has 0 saturated carbocycles. The first-order valence-electron chi connectivity index (χ1n) is 5.79. The number of rotatable bonds is 5. The summed E-state index contributed by atoms with van der Waals surface area (Å²) >= 11 is 5.91.